The fraction of sp³-hybridized carbons (Fsp3) is 0.375. The number of alkyl halides is 2. The van der Waals surface area contributed by atoms with E-state index in [2.05, 4.69) is 11.1 Å². The molecule has 0 saturated carbocycles. The minimum Gasteiger partial charge on any atom is -0.378 e. The lowest BCUT2D eigenvalue weighted by molar-refractivity contribution is 0.143. The third kappa shape index (κ3) is 2.23. The van der Waals surface area contributed by atoms with Crippen molar-refractivity contribution in [3.05, 3.63) is 29.6 Å². The average Bonchev–Trinajstić information content (AvgIpc) is 2.05. The highest BCUT2D eigenvalue weighted by Gasteiger charge is 2.08. The molecule has 12 heavy (non-hydrogen) atoms. The molecule has 0 atom stereocenters. The second-order valence-corrected chi connectivity index (χ2v) is 2.19. The number of hydrogen-bond acceptors (Lipinski definition) is 2. The molecule has 0 N–H and O–H groups in total. The Morgan fingerprint density at radius 3 is 3.00 bits per heavy atom. The molecular formula is C8H8F2NO. The van der Waals surface area contributed by atoms with Crippen LogP contribution in [0.5, 0.6) is 0 Å². The first-order chi connectivity index (χ1) is 5.74. The molecule has 1 rings (SSSR count). The van der Waals surface area contributed by atoms with Crippen LogP contribution in [0.4, 0.5) is 8.78 Å². The molecule has 65 valence electrons. The number of hydrogen-bond donors (Lipinski definition) is 0. The molecule has 1 aromatic heterocycles. The van der Waals surface area contributed by atoms with Crippen LogP contribution in [0.3, 0.4) is 0 Å². The van der Waals surface area contributed by atoms with Gasteiger partial charge in [-0.3, -0.25) is 0 Å². The van der Waals surface area contributed by atoms with E-state index < -0.39 is 6.43 Å². The number of ether oxygens (including phenoxy) is 1. The molecule has 0 unspecified atom stereocenters. The molecule has 1 radical (unpaired) electrons. The molecule has 0 aromatic carbocycles. The Labute approximate surface area is 69.2 Å². The third-order valence-corrected chi connectivity index (χ3v) is 1.27. The summed E-state index contributed by atoms with van der Waals surface area (Å²) in [6, 6.07) is 5.35. The Balaban J connectivity index is 2.81. The van der Waals surface area contributed by atoms with Gasteiger partial charge in [0, 0.05) is 13.2 Å². The van der Waals surface area contributed by atoms with Crippen LogP contribution in [0.1, 0.15) is 17.8 Å². The summed E-state index contributed by atoms with van der Waals surface area (Å²) in [5.74, 6) is 0. The van der Waals surface area contributed by atoms with Crippen molar-refractivity contribution in [2.24, 2.45) is 0 Å². The molecule has 0 amide bonds. The van der Waals surface area contributed by atoms with Gasteiger partial charge in [-0.2, -0.15) is 0 Å². The summed E-state index contributed by atoms with van der Waals surface area (Å²) in [7, 11) is 1.48. The summed E-state index contributed by atoms with van der Waals surface area (Å²) < 4.78 is 28.9. The number of nitrogens with zero attached hydrogens (tertiary/aromatic N) is 1. The van der Waals surface area contributed by atoms with Gasteiger partial charge < -0.3 is 4.74 Å². The van der Waals surface area contributed by atoms with E-state index in [1.165, 1.54) is 19.2 Å². The van der Waals surface area contributed by atoms with E-state index in [0.29, 0.717) is 5.69 Å². The lowest BCUT2D eigenvalue weighted by Gasteiger charge is -2.01. The summed E-state index contributed by atoms with van der Waals surface area (Å²) in [5, 5.41) is 0. The van der Waals surface area contributed by atoms with E-state index in [1.807, 2.05) is 0 Å². The van der Waals surface area contributed by atoms with Crippen molar-refractivity contribution >= 4 is 0 Å². The van der Waals surface area contributed by atoms with Gasteiger partial charge in [0.15, 0.2) is 0 Å². The molecule has 0 aliphatic carbocycles. The SMILES string of the molecule is COCc1[c]ccc(C(F)F)n1. The first kappa shape index (κ1) is 9.06. The van der Waals surface area contributed by atoms with Crippen molar-refractivity contribution in [3.63, 3.8) is 0 Å². The lowest BCUT2D eigenvalue weighted by atomic mass is 10.3. The zero-order valence-electron chi connectivity index (χ0n) is 6.55. The van der Waals surface area contributed by atoms with Crippen molar-refractivity contribution in [2.75, 3.05) is 7.11 Å². The first-order valence-electron chi connectivity index (χ1n) is 3.38. The van der Waals surface area contributed by atoms with Gasteiger partial charge in [0.1, 0.15) is 5.69 Å². The van der Waals surface area contributed by atoms with Crippen LogP contribution in [0.15, 0.2) is 12.1 Å². The Hall–Kier alpha value is -1.03. The van der Waals surface area contributed by atoms with Gasteiger partial charge in [-0.25, -0.2) is 13.8 Å². The molecule has 2 nitrogen and oxygen atoms in total. The molecule has 0 saturated heterocycles. The van der Waals surface area contributed by atoms with Crippen LogP contribution in [0.2, 0.25) is 0 Å². The Morgan fingerprint density at radius 2 is 2.42 bits per heavy atom. The van der Waals surface area contributed by atoms with E-state index in [4.69, 9.17) is 4.74 Å². The topological polar surface area (TPSA) is 22.1 Å². The van der Waals surface area contributed by atoms with Gasteiger partial charge in [0.05, 0.1) is 12.3 Å². The van der Waals surface area contributed by atoms with E-state index in [1.54, 1.807) is 0 Å². The van der Waals surface area contributed by atoms with Crippen LogP contribution in [0.25, 0.3) is 0 Å². The van der Waals surface area contributed by atoms with Gasteiger partial charge in [0.2, 0.25) is 0 Å². The van der Waals surface area contributed by atoms with E-state index in [0.717, 1.165) is 0 Å². The third-order valence-electron chi connectivity index (χ3n) is 1.27. The second kappa shape index (κ2) is 4.11. The fourth-order valence-corrected chi connectivity index (χ4v) is 0.781. The molecule has 0 aliphatic rings. The minimum absolute atomic E-state index is 0.209. The fourth-order valence-electron chi connectivity index (χ4n) is 0.781. The van der Waals surface area contributed by atoms with E-state index in [-0.39, 0.29) is 12.3 Å². The predicted molar refractivity (Wildman–Crippen MR) is 38.7 cm³/mol. The molecule has 1 heterocycles. The standard InChI is InChI=1S/C8H8F2NO/c1-12-5-6-3-2-4-7(11-6)8(9)10/h2,4,8H,5H2,1H3. The van der Waals surface area contributed by atoms with Crippen molar-refractivity contribution in [1.29, 1.82) is 0 Å². The van der Waals surface area contributed by atoms with E-state index >= 15 is 0 Å². The quantitative estimate of drug-likeness (QED) is 0.695. The largest absolute Gasteiger partial charge is 0.378 e. The Bertz CT molecular complexity index is 253. The maximum atomic E-state index is 12.1. The van der Waals surface area contributed by atoms with Gasteiger partial charge in [-0.15, -0.1) is 0 Å². The summed E-state index contributed by atoms with van der Waals surface area (Å²) in [5.41, 5.74) is 0.163. The number of halogens is 2. The summed E-state index contributed by atoms with van der Waals surface area (Å²) >= 11 is 0. The van der Waals surface area contributed by atoms with Gasteiger partial charge in [-0.1, -0.05) is 6.07 Å². The Kier molecular flexibility index (Phi) is 3.10. The maximum absolute atomic E-state index is 12.1. The van der Waals surface area contributed by atoms with Crippen molar-refractivity contribution < 1.29 is 13.5 Å². The smallest absolute Gasteiger partial charge is 0.280 e. The summed E-state index contributed by atoms with van der Waals surface area (Å²) in [4.78, 5) is 3.63. The summed E-state index contributed by atoms with van der Waals surface area (Å²) in [6.07, 6.45) is -2.53. The van der Waals surface area contributed by atoms with Crippen molar-refractivity contribution in [3.8, 4) is 0 Å². The highest BCUT2D eigenvalue weighted by atomic mass is 19.3. The first-order valence-corrected chi connectivity index (χ1v) is 3.38. The number of methoxy groups -OCH3 is 1. The number of aromatic nitrogens is 1. The molecular weight excluding hydrogens is 164 g/mol. The normalized spacial score (nSPS) is 10.7. The van der Waals surface area contributed by atoms with Crippen molar-refractivity contribution in [1.82, 2.24) is 4.98 Å². The van der Waals surface area contributed by atoms with Crippen LogP contribution in [-0.4, -0.2) is 12.1 Å². The van der Waals surface area contributed by atoms with Gasteiger partial charge in [0.25, 0.3) is 6.43 Å². The van der Waals surface area contributed by atoms with E-state index in [9.17, 15) is 8.78 Å². The lowest BCUT2D eigenvalue weighted by Crippen LogP contribution is -1.96. The average molecular weight is 172 g/mol. The van der Waals surface area contributed by atoms with Gasteiger partial charge in [-0.05, 0) is 6.07 Å². The maximum Gasteiger partial charge on any atom is 0.280 e. The van der Waals surface area contributed by atoms with Crippen molar-refractivity contribution in [2.45, 2.75) is 13.0 Å². The molecule has 0 bridgehead atoms. The van der Waals surface area contributed by atoms with Gasteiger partial charge >= 0.3 is 0 Å². The predicted octanol–water partition coefficient (Wildman–Crippen LogP) is 1.97. The molecule has 1 aromatic rings. The molecule has 4 heteroatoms. The second-order valence-electron chi connectivity index (χ2n) is 2.19. The molecule has 0 fully saturated rings. The zero-order chi connectivity index (χ0) is 8.97. The number of pyridine rings is 1. The minimum atomic E-state index is -2.53. The van der Waals surface area contributed by atoms with Crippen LogP contribution >= 0.6 is 0 Å². The van der Waals surface area contributed by atoms with Crippen LogP contribution in [0, 0.1) is 6.07 Å². The monoisotopic (exact) mass is 172 g/mol. The Morgan fingerprint density at radius 1 is 1.67 bits per heavy atom. The van der Waals surface area contributed by atoms with Crippen LogP contribution < -0.4 is 0 Å². The number of rotatable bonds is 3. The zero-order valence-corrected chi connectivity index (χ0v) is 6.55. The van der Waals surface area contributed by atoms with Crippen LogP contribution in [-0.2, 0) is 11.3 Å². The highest BCUT2D eigenvalue weighted by Crippen LogP contribution is 2.15. The highest BCUT2D eigenvalue weighted by molar-refractivity contribution is 5.09. The summed E-state index contributed by atoms with van der Waals surface area (Å²) in [6.45, 7) is 0.209. The molecule has 0 aliphatic heterocycles. The molecule has 0 spiro atoms.